The molecule has 0 aliphatic carbocycles. The number of esters is 1. The molecule has 2 aromatic carbocycles. The molecule has 27 heavy (non-hydrogen) atoms. The van der Waals surface area contributed by atoms with Crippen molar-refractivity contribution in [2.24, 2.45) is 11.7 Å². The second-order valence-corrected chi connectivity index (χ2v) is 8.95. The molecule has 2 rings (SSSR count). The molecule has 1 unspecified atom stereocenters. The average molecular weight is 435 g/mol. The van der Waals surface area contributed by atoms with Gasteiger partial charge in [-0.15, -0.1) is 12.4 Å². The zero-order valence-corrected chi connectivity index (χ0v) is 17.7. The van der Waals surface area contributed by atoms with Crippen LogP contribution in [0.2, 0.25) is 5.02 Å². The molecule has 150 valence electrons. The lowest BCUT2D eigenvalue weighted by Gasteiger charge is -2.29. The number of carbonyl (C=O) groups excluding carboxylic acids is 1. The number of fused-ring (bicyclic) bond motifs is 1. The Balaban J connectivity index is 0.00000364. The number of carbonyl (C=O) groups is 1. The highest BCUT2D eigenvalue weighted by Gasteiger charge is 2.49. The van der Waals surface area contributed by atoms with Crippen molar-refractivity contribution in [2.45, 2.75) is 30.7 Å². The average Bonchev–Trinajstić information content (AvgIpc) is 2.59. The van der Waals surface area contributed by atoms with E-state index in [1.807, 2.05) is 13.8 Å². The number of rotatable bonds is 7. The Hall–Kier alpha value is -1.38. The van der Waals surface area contributed by atoms with Gasteiger partial charge >= 0.3 is 5.97 Å². The number of nitrogens with two attached hydrogens (primary N) is 1. The van der Waals surface area contributed by atoms with E-state index in [1.54, 1.807) is 31.2 Å². The summed E-state index contributed by atoms with van der Waals surface area (Å²) in [6.45, 7) is 5.60. The predicted molar refractivity (Wildman–Crippen MR) is 110 cm³/mol. The maximum absolute atomic E-state index is 13.2. The molecule has 2 aromatic rings. The van der Waals surface area contributed by atoms with Gasteiger partial charge in [0.25, 0.3) is 4.99 Å². The predicted octanol–water partition coefficient (Wildman–Crippen LogP) is 3.11. The number of halogens is 2. The van der Waals surface area contributed by atoms with Crippen molar-refractivity contribution in [3.63, 3.8) is 0 Å². The van der Waals surface area contributed by atoms with Crippen LogP contribution in [0, 0.1) is 5.92 Å². The van der Waals surface area contributed by atoms with Crippen molar-refractivity contribution < 1.29 is 17.9 Å². The van der Waals surface area contributed by atoms with Gasteiger partial charge in [0.1, 0.15) is 0 Å². The van der Waals surface area contributed by atoms with E-state index in [-0.39, 0.29) is 36.4 Å². The lowest BCUT2D eigenvalue weighted by Crippen LogP contribution is -2.66. The Morgan fingerprint density at radius 3 is 2.41 bits per heavy atom. The zero-order chi connectivity index (χ0) is 19.5. The highest BCUT2D eigenvalue weighted by Crippen LogP contribution is 2.27. The molecule has 0 aliphatic rings. The van der Waals surface area contributed by atoms with Crippen molar-refractivity contribution in [3.8, 4) is 0 Å². The lowest BCUT2D eigenvalue weighted by molar-refractivity contribution is -0.147. The number of benzene rings is 2. The Morgan fingerprint density at radius 2 is 1.81 bits per heavy atom. The van der Waals surface area contributed by atoms with Gasteiger partial charge < -0.3 is 4.74 Å². The fourth-order valence-corrected chi connectivity index (χ4v) is 4.05. The molecule has 9 heteroatoms. The first kappa shape index (κ1) is 23.7. The number of ether oxygens (including phenoxy) is 1. The van der Waals surface area contributed by atoms with Crippen LogP contribution >= 0.6 is 24.0 Å². The van der Waals surface area contributed by atoms with E-state index in [4.69, 9.17) is 22.1 Å². The number of sulfone groups is 1. The molecule has 0 spiro atoms. The third-order valence-corrected chi connectivity index (χ3v) is 6.13. The topological polar surface area (TPSA) is 98.5 Å². The summed E-state index contributed by atoms with van der Waals surface area (Å²) in [6.07, 6.45) is 0. The summed E-state index contributed by atoms with van der Waals surface area (Å²) < 4.78 is 31.3. The molecule has 0 bridgehead atoms. The Kier molecular flexibility index (Phi) is 8.07. The first-order chi connectivity index (χ1) is 12.1. The van der Waals surface area contributed by atoms with Crippen LogP contribution in [0.3, 0.4) is 0 Å². The quantitative estimate of drug-likeness (QED) is 0.512. The van der Waals surface area contributed by atoms with Crippen LogP contribution in [0.15, 0.2) is 41.3 Å². The molecule has 0 aliphatic heterocycles. The van der Waals surface area contributed by atoms with E-state index >= 15 is 0 Å². The maximum Gasteiger partial charge on any atom is 0.357 e. The summed E-state index contributed by atoms with van der Waals surface area (Å²) in [5.41, 5.74) is 6.06. The van der Waals surface area contributed by atoms with Gasteiger partial charge in [0.05, 0.1) is 11.5 Å². The molecule has 6 nitrogen and oxygen atoms in total. The summed E-state index contributed by atoms with van der Waals surface area (Å²) in [5.74, 6) is -0.946. The van der Waals surface area contributed by atoms with E-state index in [0.29, 0.717) is 10.4 Å². The molecule has 0 heterocycles. The van der Waals surface area contributed by atoms with Gasteiger partial charge in [-0.1, -0.05) is 37.6 Å². The molecule has 1 atom stereocenters. The van der Waals surface area contributed by atoms with Gasteiger partial charge in [0.15, 0.2) is 0 Å². The van der Waals surface area contributed by atoms with Crippen molar-refractivity contribution in [2.75, 3.05) is 13.2 Å². The minimum Gasteiger partial charge on any atom is -0.463 e. The first-order valence-corrected chi connectivity index (χ1v) is 10.1. The number of hydrogen-bond acceptors (Lipinski definition) is 6. The fourth-order valence-electron chi connectivity index (χ4n) is 2.42. The smallest absolute Gasteiger partial charge is 0.357 e. The summed E-state index contributed by atoms with van der Waals surface area (Å²) in [4.78, 5) is 9.96. The van der Waals surface area contributed by atoms with Crippen LogP contribution < -0.4 is 11.1 Å². The molecule has 0 fully saturated rings. The minimum absolute atomic E-state index is 0. The van der Waals surface area contributed by atoms with Crippen LogP contribution in [0.4, 0.5) is 0 Å². The van der Waals surface area contributed by atoms with E-state index in [2.05, 4.69) is 5.32 Å². The second-order valence-electron chi connectivity index (χ2n) is 6.39. The molecule has 0 aromatic heterocycles. The molecule has 0 saturated heterocycles. The summed E-state index contributed by atoms with van der Waals surface area (Å²) in [5, 5.41) is 4.67. The van der Waals surface area contributed by atoms with Crippen molar-refractivity contribution >= 4 is 50.6 Å². The molecular formula is C18H24Cl2N2O4S. The fraction of sp³-hybridized carbons (Fsp3) is 0.389. The molecular weight excluding hydrogens is 411 g/mol. The van der Waals surface area contributed by atoms with Crippen LogP contribution in [-0.4, -0.2) is 32.5 Å². The Morgan fingerprint density at radius 1 is 1.22 bits per heavy atom. The van der Waals surface area contributed by atoms with E-state index < -0.39 is 20.8 Å². The van der Waals surface area contributed by atoms with Crippen LogP contribution in [0.25, 0.3) is 10.8 Å². The van der Waals surface area contributed by atoms with Gasteiger partial charge in [0.2, 0.25) is 9.84 Å². The Bertz CT molecular complexity index is 919. The SMILES string of the molecule is CCOC(=O)C(N)(NCC(C)C)S(=O)(=O)c1ccc2cc(Cl)ccc2c1.Cl. The highest BCUT2D eigenvalue weighted by atomic mass is 35.5. The normalized spacial score (nSPS) is 13.9. The van der Waals surface area contributed by atoms with Gasteiger partial charge in [-0.2, -0.15) is 0 Å². The van der Waals surface area contributed by atoms with Crippen LogP contribution in [0.1, 0.15) is 20.8 Å². The van der Waals surface area contributed by atoms with Crippen molar-refractivity contribution in [1.82, 2.24) is 5.32 Å². The summed E-state index contributed by atoms with van der Waals surface area (Å²) >= 11 is 5.96. The van der Waals surface area contributed by atoms with Crippen LogP contribution in [0.5, 0.6) is 0 Å². The second kappa shape index (κ2) is 9.21. The Labute approximate surface area is 170 Å². The first-order valence-electron chi connectivity index (χ1n) is 8.27. The maximum atomic E-state index is 13.2. The molecule has 3 N–H and O–H groups in total. The third-order valence-electron chi connectivity index (χ3n) is 3.86. The van der Waals surface area contributed by atoms with E-state index in [1.165, 1.54) is 12.1 Å². The summed E-state index contributed by atoms with van der Waals surface area (Å²) in [7, 11) is -4.26. The monoisotopic (exact) mass is 434 g/mol. The lowest BCUT2D eigenvalue weighted by atomic mass is 10.1. The van der Waals surface area contributed by atoms with Gasteiger partial charge in [0, 0.05) is 11.6 Å². The summed E-state index contributed by atoms with van der Waals surface area (Å²) in [6, 6.07) is 9.61. The number of nitrogens with one attached hydrogen (secondary N) is 1. The highest BCUT2D eigenvalue weighted by molar-refractivity contribution is 7.93. The number of hydrogen-bond donors (Lipinski definition) is 2. The zero-order valence-electron chi connectivity index (χ0n) is 15.4. The van der Waals surface area contributed by atoms with Gasteiger partial charge in [-0.3, -0.25) is 11.1 Å². The van der Waals surface area contributed by atoms with Crippen molar-refractivity contribution in [1.29, 1.82) is 0 Å². The molecule has 0 radical (unpaired) electrons. The third kappa shape index (κ3) is 4.92. The van der Waals surface area contributed by atoms with E-state index in [9.17, 15) is 13.2 Å². The van der Waals surface area contributed by atoms with Gasteiger partial charge in [-0.05, 0) is 47.9 Å². The van der Waals surface area contributed by atoms with Gasteiger partial charge in [-0.25, -0.2) is 13.2 Å². The van der Waals surface area contributed by atoms with Crippen LogP contribution in [-0.2, 0) is 19.4 Å². The molecule has 0 amide bonds. The van der Waals surface area contributed by atoms with E-state index in [0.717, 1.165) is 5.39 Å². The largest absolute Gasteiger partial charge is 0.463 e. The standard InChI is InChI=1S/C18H23ClN2O4S.ClH/c1-4-25-17(22)18(20,21-11-12(2)3)26(23,24)16-8-6-13-9-15(19)7-5-14(13)10-16;/h5-10,12,21H,4,11,20H2,1-3H3;1H. The minimum atomic E-state index is -4.26. The molecule has 0 saturated carbocycles. The van der Waals surface area contributed by atoms with Crippen molar-refractivity contribution in [3.05, 3.63) is 41.4 Å².